The summed E-state index contributed by atoms with van der Waals surface area (Å²) in [5.41, 5.74) is 4.40. The number of aromatic nitrogens is 1. The van der Waals surface area contributed by atoms with Crippen LogP contribution in [0.4, 0.5) is 11.4 Å². The van der Waals surface area contributed by atoms with Gasteiger partial charge in [0.25, 0.3) is 0 Å². The predicted molar refractivity (Wildman–Crippen MR) is 91.3 cm³/mol. The maximum atomic E-state index is 5.36. The van der Waals surface area contributed by atoms with Crippen molar-refractivity contribution in [2.75, 3.05) is 31.4 Å². The zero-order valence-corrected chi connectivity index (χ0v) is 14.4. The standard InChI is InChI=1S/C16H20BrN3O/c1-11-9-12(5-6-13(11)17)10-19-15-14(20(2)3)7-8-18-16(15)21-4/h5-9,19H,10H2,1-4H3. The van der Waals surface area contributed by atoms with Gasteiger partial charge in [-0.25, -0.2) is 4.98 Å². The average molecular weight is 350 g/mol. The second-order valence-corrected chi connectivity index (χ2v) is 5.90. The first-order chi connectivity index (χ1) is 10.0. The minimum absolute atomic E-state index is 0.607. The average Bonchev–Trinajstić information content (AvgIpc) is 2.48. The van der Waals surface area contributed by atoms with Gasteiger partial charge in [0.15, 0.2) is 0 Å². The Morgan fingerprint density at radius 2 is 2.05 bits per heavy atom. The largest absolute Gasteiger partial charge is 0.479 e. The van der Waals surface area contributed by atoms with Gasteiger partial charge in [-0.05, 0) is 30.2 Å². The summed E-state index contributed by atoms with van der Waals surface area (Å²) in [5.74, 6) is 0.607. The Kier molecular flexibility index (Phi) is 5.07. The molecule has 0 aliphatic rings. The first-order valence-corrected chi connectivity index (χ1v) is 7.51. The Bertz CT molecular complexity index is 629. The number of benzene rings is 1. The fourth-order valence-electron chi connectivity index (χ4n) is 2.13. The highest BCUT2D eigenvalue weighted by Crippen LogP contribution is 2.32. The van der Waals surface area contributed by atoms with Crippen molar-refractivity contribution in [1.82, 2.24) is 4.98 Å². The van der Waals surface area contributed by atoms with Crippen LogP contribution in [0.2, 0.25) is 0 Å². The van der Waals surface area contributed by atoms with Crippen molar-refractivity contribution in [3.63, 3.8) is 0 Å². The third-order valence-corrected chi connectivity index (χ3v) is 4.15. The molecular formula is C16H20BrN3O. The van der Waals surface area contributed by atoms with E-state index < -0.39 is 0 Å². The zero-order valence-electron chi connectivity index (χ0n) is 12.8. The van der Waals surface area contributed by atoms with Crippen molar-refractivity contribution in [2.24, 2.45) is 0 Å². The molecule has 0 saturated heterocycles. The maximum Gasteiger partial charge on any atom is 0.239 e. The van der Waals surface area contributed by atoms with Gasteiger partial charge in [-0.3, -0.25) is 0 Å². The molecule has 2 rings (SSSR count). The Hall–Kier alpha value is -1.75. The summed E-state index contributed by atoms with van der Waals surface area (Å²) >= 11 is 3.52. The van der Waals surface area contributed by atoms with Gasteiger partial charge >= 0.3 is 0 Å². The van der Waals surface area contributed by atoms with Gasteiger partial charge in [-0.15, -0.1) is 0 Å². The quantitative estimate of drug-likeness (QED) is 0.889. The SMILES string of the molecule is COc1nccc(N(C)C)c1NCc1ccc(Br)c(C)c1. The van der Waals surface area contributed by atoms with Crippen molar-refractivity contribution < 1.29 is 4.74 Å². The Balaban J connectivity index is 2.24. The Morgan fingerprint density at radius 1 is 1.29 bits per heavy atom. The predicted octanol–water partition coefficient (Wildman–Crippen LogP) is 3.84. The molecule has 0 radical (unpaired) electrons. The number of hydrogen-bond acceptors (Lipinski definition) is 4. The lowest BCUT2D eigenvalue weighted by Gasteiger charge is -2.20. The molecule has 1 heterocycles. The third kappa shape index (κ3) is 3.67. The summed E-state index contributed by atoms with van der Waals surface area (Å²) in [4.78, 5) is 6.31. The minimum Gasteiger partial charge on any atom is -0.479 e. The van der Waals surface area contributed by atoms with Crippen LogP contribution >= 0.6 is 15.9 Å². The number of nitrogens with one attached hydrogen (secondary N) is 1. The topological polar surface area (TPSA) is 37.4 Å². The lowest BCUT2D eigenvalue weighted by molar-refractivity contribution is 0.400. The van der Waals surface area contributed by atoms with Gasteiger partial charge in [-0.1, -0.05) is 28.1 Å². The highest BCUT2D eigenvalue weighted by Gasteiger charge is 2.11. The summed E-state index contributed by atoms with van der Waals surface area (Å²) in [6.45, 7) is 2.81. The van der Waals surface area contributed by atoms with E-state index in [9.17, 15) is 0 Å². The second-order valence-electron chi connectivity index (χ2n) is 5.05. The molecule has 0 spiro atoms. The maximum absolute atomic E-state index is 5.36. The highest BCUT2D eigenvalue weighted by atomic mass is 79.9. The first kappa shape index (κ1) is 15.6. The summed E-state index contributed by atoms with van der Waals surface area (Å²) in [6, 6.07) is 8.30. The molecule has 0 amide bonds. The second kappa shape index (κ2) is 6.80. The molecule has 2 aromatic rings. The summed E-state index contributed by atoms with van der Waals surface area (Å²) < 4.78 is 6.48. The lowest BCUT2D eigenvalue weighted by atomic mass is 10.1. The summed E-state index contributed by atoms with van der Waals surface area (Å²) in [5, 5.41) is 3.43. The third-order valence-electron chi connectivity index (χ3n) is 3.26. The number of nitrogens with zero attached hydrogens (tertiary/aromatic N) is 2. The fraction of sp³-hybridized carbons (Fsp3) is 0.312. The number of anilines is 2. The molecule has 0 saturated carbocycles. The van der Waals surface area contributed by atoms with E-state index in [1.165, 1.54) is 11.1 Å². The van der Waals surface area contributed by atoms with Crippen LogP contribution in [0.1, 0.15) is 11.1 Å². The van der Waals surface area contributed by atoms with Crippen LogP contribution in [-0.2, 0) is 6.54 Å². The molecule has 1 N–H and O–H groups in total. The molecule has 0 aliphatic carbocycles. The van der Waals surface area contributed by atoms with Gasteiger partial charge in [-0.2, -0.15) is 0 Å². The number of methoxy groups -OCH3 is 1. The van der Waals surface area contributed by atoms with Crippen molar-refractivity contribution in [3.8, 4) is 5.88 Å². The number of aryl methyl sites for hydroxylation is 1. The number of halogens is 1. The summed E-state index contributed by atoms with van der Waals surface area (Å²) in [7, 11) is 5.64. The molecule has 0 aliphatic heterocycles. The van der Waals surface area contributed by atoms with E-state index in [1.807, 2.05) is 25.1 Å². The van der Waals surface area contributed by atoms with Crippen LogP contribution in [0.25, 0.3) is 0 Å². The molecule has 1 aromatic carbocycles. The molecule has 0 bridgehead atoms. The molecule has 4 nitrogen and oxygen atoms in total. The van der Waals surface area contributed by atoms with Gasteiger partial charge in [0.2, 0.25) is 5.88 Å². The van der Waals surface area contributed by atoms with Crippen molar-refractivity contribution >= 4 is 27.3 Å². The number of ether oxygens (including phenoxy) is 1. The molecule has 1 aromatic heterocycles. The number of rotatable bonds is 5. The van der Waals surface area contributed by atoms with E-state index in [2.05, 4.69) is 51.4 Å². The molecule has 0 atom stereocenters. The number of pyridine rings is 1. The molecule has 0 fully saturated rings. The summed E-state index contributed by atoms with van der Waals surface area (Å²) in [6.07, 6.45) is 1.75. The molecule has 112 valence electrons. The minimum atomic E-state index is 0.607. The molecular weight excluding hydrogens is 330 g/mol. The van der Waals surface area contributed by atoms with Crippen LogP contribution in [0, 0.1) is 6.92 Å². The normalized spacial score (nSPS) is 10.3. The van der Waals surface area contributed by atoms with E-state index >= 15 is 0 Å². The highest BCUT2D eigenvalue weighted by molar-refractivity contribution is 9.10. The van der Waals surface area contributed by atoms with Gasteiger partial charge in [0, 0.05) is 31.3 Å². The van der Waals surface area contributed by atoms with E-state index in [1.54, 1.807) is 13.3 Å². The monoisotopic (exact) mass is 349 g/mol. The van der Waals surface area contributed by atoms with E-state index in [0.29, 0.717) is 5.88 Å². The van der Waals surface area contributed by atoms with Gasteiger partial charge < -0.3 is 15.0 Å². The Morgan fingerprint density at radius 3 is 2.67 bits per heavy atom. The van der Waals surface area contributed by atoms with Gasteiger partial charge in [0.1, 0.15) is 5.69 Å². The number of hydrogen-bond donors (Lipinski definition) is 1. The van der Waals surface area contributed by atoms with E-state index in [4.69, 9.17) is 4.74 Å². The molecule has 5 heteroatoms. The lowest BCUT2D eigenvalue weighted by Crippen LogP contribution is -2.13. The van der Waals surface area contributed by atoms with Crippen LogP contribution < -0.4 is 15.0 Å². The smallest absolute Gasteiger partial charge is 0.239 e. The van der Waals surface area contributed by atoms with Crippen molar-refractivity contribution in [3.05, 3.63) is 46.1 Å². The zero-order chi connectivity index (χ0) is 15.4. The van der Waals surface area contributed by atoms with Crippen molar-refractivity contribution in [1.29, 1.82) is 0 Å². The van der Waals surface area contributed by atoms with Crippen LogP contribution in [0.5, 0.6) is 5.88 Å². The van der Waals surface area contributed by atoms with Crippen LogP contribution in [0.15, 0.2) is 34.9 Å². The molecule has 0 unspecified atom stereocenters. The molecule has 21 heavy (non-hydrogen) atoms. The fourth-order valence-corrected chi connectivity index (χ4v) is 2.38. The first-order valence-electron chi connectivity index (χ1n) is 6.72. The van der Waals surface area contributed by atoms with Crippen molar-refractivity contribution in [2.45, 2.75) is 13.5 Å². The van der Waals surface area contributed by atoms with E-state index in [0.717, 1.165) is 22.4 Å². The van der Waals surface area contributed by atoms with Crippen LogP contribution in [-0.4, -0.2) is 26.2 Å². The van der Waals surface area contributed by atoms with Crippen LogP contribution in [0.3, 0.4) is 0 Å². The van der Waals surface area contributed by atoms with E-state index in [-0.39, 0.29) is 0 Å². The Labute approximate surface area is 134 Å². The van der Waals surface area contributed by atoms with Gasteiger partial charge in [0.05, 0.1) is 12.8 Å².